The molecular formula is C9H20ClNO2S. The van der Waals surface area contributed by atoms with Crippen molar-refractivity contribution in [3.63, 3.8) is 0 Å². The zero-order chi connectivity index (χ0) is 11.8. The van der Waals surface area contributed by atoms with E-state index in [4.69, 9.17) is 11.6 Å². The van der Waals surface area contributed by atoms with Crippen LogP contribution in [0.3, 0.4) is 0 Å². The molecule has 1 unspecified atom stereocenters. The molecule has 3 nitrogen and oxygen atoms in total. The Morgan fingerprint density at radius 3 is 1.71 bits per heavy atom. The summed E-state index contributed by atoms with van der Waals surface area (Å²) < 4.78 is 25.4. The second-order valence-corrected chi connectivity index (χ2v) is 8.15. The highest BCUT2D eigenvalue weighted by molar-refractivity contribution is 7.90. The average Bonchev–Trinajstić information content (AvgIpc) is 1.80. The highest BCUT2D eigenvalue weighted by Crippen LogP contribution is 2.21. The van der Waals surface area contributed by atoms with Crippen molar-refractivity contribution in [3.05, 3.63) is 0 Å². The van der Waals surface area contributed by atoms with Crippen LogP contribution in [0.4, 0.5) is 0 Å². The third-order valence-electron chi connectivity index (χ3n) is 2.20. The van der Waals surface area contributed by atoms with E-state index < -0.39 is 20.3 Å². The number of nitrogens with one attached hydrogen (secondary N) is 1. The van der Waals surface area contributed by atoms with Crippen molar-refractivity contribution in [1.29, 1.82) is 0 Å². The largest absolute Gasteiger partial charge is 0.217 e. The molecule has 0 bridgehead atoms. The van der Waals surface area contributed by atoms with E-state index in [0.717, 1.165) is 0 Å². The van der Waals surface area contributed by atoms with E-state index in [-0.39, 0.29) is 5.38 Å². The number of rotatable bonds is 3. The molecule has 0 radical (unpaired) electrons. The van der Waals surface area contributed by atoms with E-state index in [2.05, 4.69) is 4.72 Å². The van der Waals surface area contributed by atoms with E-state index in [1.165, 1.54) is 0 Å². The minimum Gasteiger partial charge on any atom is -0.212 e. The van der Waals surface area contributed by atoms with Gasteiger partial charge >= 0.3 is 0 Å². The zero-order valence-electron chi connectivity index (χ0n) is 9.68. The van der Waals surface area contributed by atoms with Crippen LogP contribution in [0, 0.1) is 0 Å². The quantitative estimate of drug-likeness (QED) is 0.770. The molecule has 86 valence electrons. The van der Waals surface area contributed by atoms with Crippen LogP contribution in [0.5, 0.6) is 0 Å². The third-order valence-corrected chi connectivity index (χ3v) is 5.15. The van der Waals surface area contributed by atoms with E-state index in [0.29, 0.717) is 0 Å². The lowest BCUT2D eigenvalue weighted by atomic mass is 10.0. The Kier molecular flexibility index (Phi) is 4.04. The Morgan fingerprint density at radius 2 is 1.50 bits per heavy atom. The predicted octanol–water partition coefficient (Wildman–Crippen LogP) is 2.11. The molecule has 0 aliphatic heterocycles. The normalized spacial score (nSPS) is 16.8. The second-order valence-electron chi connectivity index (χ2n) is 5.06. The van der Waals surface area contributed by atoms with Crippen molar-refractivity contribution in [2.45, 2.75) is 57.2 Å². The molecule has 14 heavy (non-hydrogen) atoms. The van der Waals surface area contributed by atoms with Gasteiger partial charge in [-0.3, -0.25) is 0 Å². The number of hydrogen-bond donors (Lipinski definition) is 1. The summed E-state index contributed by atoms with van der Waals surface area (Å²) in [4.78, 5) is 0. The maximum atomic E-state index is 11.8. The smallest absolute Gasteiger partial charge is 0.212 e. The molecule has 0 aromatic rings. The van der Waals surface area contributed by atoms with Gasteiger partial charge in [-0.15, -0.1) is 11.6 Å². The summed E-state index contributed by atoms with van der Waals surface area (Å²) in [6.45, 7) is 10.3. The molecule has 0 aromatic carbocycles. The van der Waals surface area contributed by atoms with Crippen LogP contribution >= 0.6 is 11.6 Å². The van der Waals surface area contributed by atoms with E-state index in [1.54, 1.807) is 41.5 Å². The Balaban J connectivity index is 4.88. The average molecular weight is 242 g/mol. The minimum absolute atomic E-state index is 0.264. The molecule has 0 rings (SSSR count). The summed E-state index contributed by atoms with van der Waals surface area (Å²) in [5.41, 5.74) is -0.631. The summed E-state index contributed by atoms with van der Waals surface area (Å²) in [6.07, 6.45) is 0. The fraction of sp³-hybridized carbons (Fsp3) is 1.00. The monoisotopic (exact) mass is 241 g/mol. The maximum Gasteiger partial charge on any atom is 0.217 e. The first-order chi connectivity index (χ1) is 5.90. The molecule has 1 atom stereocenters. The molecule has 0 amide bonds. The maximum absolute atomic E-state index is 11.8. The van der Waals surface area contributed by atoms with Crippen molar-refractivity contribution < 1.29 is 8.42 Å². The zero-order valence-corrected chi connectivity index (χ0v) is 11.3. The molecule has 5 heteroatoms. The lowest BCUT2D eigenvalue weighted by molar-refractivity contribution is 0.434. The van der Waals surface area contributed by atoms with Crippen molar-refractivity contribution in [1.82, 2.24) is 4.72 Å². The van der Waals surface area contributed by atoms with Crippen molar-refractivity contribution in [2.75, 3.05) is 0 Å². The van der Waals surface area contributed by atoms with Gasteiger partial charge in [0.05, 0.1) is 4.75 Å². The van der Waals surface area contributed by atoms with E-state index in [1.807, 2.05) is 0 Å². The van der Waals surface area contributed by atoms with Crippen molar-refractivity contribution >= 4 is 21.6 Å². The van der Waals surface area contributed by atoms with Gasteiger partial charge in [0.15, 0.2) is 0 Å². The van der Waals surface area contributed by atoms with Crippen LogP contribution in [0.15, 0.2) is 0 Å². The standard InChI is InChI=1S/C9H20ClNO2S/c1-7(10)9(5,6)11-14(12,13)8(2,3)4/h7,11H,1-6H3. The van der Waals surface area contributed by atoms with Crippen LogP contribution in [0.25, 0.3) is 0 Å². The van der Waals surface area contributed by atoms with Gasteiger partial charge in [-0.05, 0) is 41.5 Å². The molecule has 0 fully saturated rings. The second kappa shape index (κ2) is 3.99. The first-order valence-corrected chi connectivity index (χ1v) is 6.50. The first-order valence-electron chi connectivity index (χ1n) is 4.58. The molecule has 0 saturated heterocycles. The predicted molar refractivity (Wildman–Crippen MR) is 61.2 cm³/mol. The SMILES string of the molecule is CC(Cl)C(C)(C)NS(=O)(=O)C(C)(C)C. The van der Waals surface area contributed by atoms with Crippen LogP contribution in [-0.2, 0) is 10.0 Å². The van der Waals surface area contributed by atoms with Gasteiger partial charge in [0.25, 0.3) is 0 Å². The highest BCUT2D eigenvalue weighted by Gasteiger charge is 2.36. The molecule has 0 aromatic heterocycles. The Morgan fingerprint density at radius 1 is 1.14 bits per heavy atom. The van der Waals surface area contributed by atoms with Gasteiger partial charge in [0, 0.05) is 10.9 Å². The summed E-state index contributed by atoms with van der Waals surface area (Å²) >= 11 is 5.90. The number of hydrogen-bond acceptors (Lipinski definition) is 2. The minimum atomic E-state index is -3.33. The van der Waals surface area contributed by atoms with Gasteiger partial charge in [-0.1, -0.05) is 0 Å². The summed E-state index contributed by atoms with van der Waals surface area (Å²) in [6, 6.07) is 0. The van der Waals surface area contributed by atoms with Gasteiger partial charge in [-0.2, -0.15) is 0 Å². The van der Waals surface area contributed by atoms with Crippen LogP contribution in [0.2, 0.25) is 0 Å². The van der Waals surface area contributed by atoms with E-state index in [9.17, 15) is 8.42 Å². The molecule has 0 spiro atoms. The molecule has 0 aliphatic carbocycles. The van der Waals surface area contributed by atoms with Crippen molar-refractivity contribution in [3.8, 4) is 0 Å². The topological polar surface area (TPSA) is 46.2 Å². The highest BCUT2D eigenvalue weighted by atomic mass is 35.5. The lowest BCUT2D eigenvalue weighted by Crippen LogP contribution is -2.53. The Hall–Kier alpha value is 0.200. The number of halogens is 1. The van der Waals surface area contributed by atoms with Gasteiger partial charge in [0.2, 0.25) is 10.0 Å². The van der Waals surface area contributed by atoms with Crippen LogP contribution in [0.1, 0.15) is 41.5 Å². The molecular weight excluding hydrogens is 222 g/mol. The van der Waals surface area contributed by atoms with Gasteiger partial charge in [0.1, 0.15) is 0 Å². The summed E-state index contributed by atoms with van der Waals surface area (Å²) in [7, 11) is -3.33. The van der Waals surface area contributed by atoms with Gasteiger partial charge < -0.3 is 0 Å². The lowest BCUT2D eigenvalue weighted by Gasteiger charge is -2.32. The molecule has 0 heterocycles. The fourth-order valence-electron chi connectivity index (χ4n) is 0.581. The summed E-state index contributed by atoms with van der Waals surface area (Å²) in [5.74, 6) is 0. The Bertz CT molecular complexity index is 288. The molecule has 0 aliphatic rings. The first kappa shape index (κ1) is 14.2. The summed E-state index contributed by atoms with van der Waals surface area (Å²) in [5, 5.41) is -0.264. The van der Waals surface area contributed by atoms with Gasteiger partial charge in [-0.25, -0.2) is 13.1 Å². The number of sulfonamides is 1. The van der Waals surface area contributed by atoms with E-state index >= 15 is 0 Å². The van der Waals surface area contributed by atoms with Crippen LogP contribution in [-0.4, -0.2) is 24.1 Å². The molecule has 1 N–H and O–H groups in total. The third kappa shape index (κ3) is 3.41. The number of alkyl halides is 1. The Labute approximate surface area is 92.3 Å². The molecule has 0 saturated carbocycles. The fourth-order valence-corrected chi connectivity index (χ4v) is 1.88. The van der Waals surface area contributed by atoms with Crippen molar-refractivity contribution in [2.24, 2.45) is 0 Å². The van der Waals surface area contributed by atoms with Crippen LogP contribution < -0.4 is 4.72 Å².